The van der Waals surface area contributed by atoms with E-state index < -0.39 is 5.60 Å². The van der Waals surface area contributed by atoms with Crippen molar-refractivity contribution in [2.75, 3.05) is 6.54 Å². The molecule has 2 atom stereocenters. The van der Waals surface area contributed by atoms with Crippen molar-refractivity contribution in [2.45, 2.75) is 52.3 Å². The van der Waals surface area contributed by atoms with Gasteiger partial charge in [0.05, 0.1) is 6.04 Å². The summed E-state index contributed by atoms with van der Waals surface area (Å²) in [4.78, 5) is 13.9. The van der Waals surface area contributed by atoms with E-state index in [-0.39, 0.29) is 18.2 Å². The number of carbonyl (C=O) groups excluding carboxylic acids is 1. The molecule has 1 fully saturated rings. The number of hydrogen-bond acceptors (Lipinski definition) is 3. The molecule has 2 rings (SSSR count). The van der Waals surface area contributed by atoms with Gasteiger partial charge in [-0.25, -0.2) is 4.79 Å². The van der Waals surface area contributed by atoms with Crippen LogP contribution in [0.25, 0.3) is 0 Å². The van der Waals surface area contributed by atoms with Crippen molar-refractivity contribution in [2.24, 2.45) is 5.73 Å². The van der Waals surface area contributed by atoms with Crippen LogP contribution in [0.15, 0.2) is 18.2 Å². The van der Waals surface area contributed by atoms with E-state index in [1.807, 2.05) is 34.6 Å². The van der Waals surface area contributed by atoms with Crippen LogP contribution in [-0.4, -0.2) is 29.2 Å². The third-order valence-corrected chi connectivity index (χ3v) is 3.53. The van der Waals surface area contributed by atoms with Gasteiger partial charge in [0.25, 0.3) is 0 Å². The lowest BCUT2D eigenvalue weighted by atomic mass is 9.87. The van der Waals surface area contributed by atoms with Gasteiger partial charge in [0.15, 0.2) is 0 Å². The maximum Gasteiger partial charge on any atom is 0.410 e. The van der Waals surface area contributed by atoms with Crippen LogP contribution < -0.4 is 5.73 Å². The minimum absolute atomic E-state index is 0.0250. The summed E-state index contributed by atoms with van der Waals surface area (Å²) >= 11 is 0. The minimum Gasteiger partial charge on any atom is -0.444 e. The van der Waals surface area contributed by atoms with Crippen molar-refractivity contribution in [1.29, 1.82) is 0 Å². The van der Waals surface area contributed by atoms with E-state index in [9.17, 15) is 4.79 Å². The normalized spacial score (nSPS) is 22.4. The Morgan fingerprint density at radius 2 is 2.00 bits per heavy atom. The Kier molecular flexibility index (Phi) is 3.78. The second-order valence-corrected chi connectivity index (χ2v) is 6.60. The van der Waals surface area contributed by atoms with E-state index >= 15 is 0 Å². The van der Waals surface area contributed by atoms with E-state index in [0.29, 0.717) is 6.54 Å². The first-order valence-corrected chi connectivity index (χ1v) is 7.01. The van der Waals surface area contributed by atoms with Gasteiger partial charge < -0.3 is 10.5 Å². The molecule has 1 amide bonds. The van der Waals surface area contributed by atoms with E-state index in [0.717, 1.165) is 11.1 Å². The number of hydrogen-bond donors (Lipinski definition) is 1. The van der Waals surface area contributed by atoms with Crippen LogP contribution in [0.3, 0.4) is 0 Å². The molecule has 0 bridgehead atoms. The summed E-state index contributed by atoms with van der Waals surface area (Å²) in [5.41, 5.74) is 9.08. The lowest BCUT2D eigenvalue weighted by Crippen LogP contribution is -2.61. The molecule has 2 N–H and O–H groups in total. The van der Waals surface area contributed by atoms with Gasteiger partial charge in [0.2, 0.25) is 0 Å². The smallest absolute Gasteiger partial charge is 0.410 e. The largest absolute Gasteiger partial charge is 0.444 e. The maximum atomic E-state index is 12.2. The topological polar surface area (TPSA) is 55.6 Å². The maximum absolute atomic E-state index is 12.2. The van der Waals surface area contributed by atoms with Gasteiger partial charge in [-0.2, -0.15) is 0 Å². The Labute approximate surface area is 120 Å². The van der Waals surface area contributed by atoms with Crippen LogP contribution in [0.2, 0.25) is 0 Å². The number of rotatable bonds is 1. The summed E-state index contributed by atoms with van der Waals surface area (Å²) in [5.74, 6) is 0. The number of benzene rings is 1. The highest BCUT2D eigenvalue weighted by Gasteiger charge is 2.43. The van der Waals surface area contributed by atoms with E-state index in [2.05, 4.69) is 18.2 Å². The molecule has 1 aliphatic heterocycles. The van der Waals surface area contributed by atoms with Gasteiger partial charge in [-0.3, -0.25) is 4.90 Å². The average molecular weight is 276 g/mol. The zero-order chi connectivity index (χ0) is 15.1. The van der Waals surface area contributed by atoms with E-state index in [4.69, 9.17) is 10.5 Å². The first-order chi connectivity index (χ1) is 9.19. The lowest BCUT2D eigenvalue weighted by Gasteiger charge is -2.47. The molecule has 1 saturated heterocycles. The van der Waals surface area contributed by atoms with Gasteiger partial charge >= 0.3 is 6.09 Å². The fraction of sp³-hybridized carbons (Fsp3) is 0.562. The summed E-state index contributed by atoms with van der Waals surface area (Å²) < 4.78 is 5.44. The van der Waals surface area contributed by atoms with Crippen molar-refractivity contribution in [3.05, 3.63) is 34.9 Å². The highest BCUT2D eigenvalue weighted by atomic mass is 16.6. The molecule has 20 heavy (non-hydrogen) atoms. The third kappa shape index (κ3) is 2.96. The molecule has 4 nitrogen and oxygen atoms in total. The minimum atomic E-state index is -0.483. The number of likely N-dealkylation sites (tertiary alicyclic amines) is 1. The summed E-state index contributed by atoms with van der Waals surface area (Å²) in [6, 6.07) is 6.15. The van der Waals surface area contributed by atoms with Crippen LogP contribution in [0.1, 0.15) is 43.5 Å². The number of carbonyl (C=O) groups is 1. The first-order valence-electron chi connectivity index (χ1n) is 7.01. The Morgan fingerprint density at radius 1 is 1.35 bits per heavy atom. The fourth-order valence-electron chi connectivity index (χ4n) is 2.52. The lowest BCUT2D eigenvalue weighted by molar-refractivity contribution is -0.0135. The molecular weight excluding hydrogens is 252 g/mol. The van der Waals surface area contributed by atoms with Crippen molar-refractivity contribution in [3.63, 3.8) is 0 Å². The molecule has 1 aromatic rings. The van der Waals surface area contributed by atoms with Crippen LogP contribution in [0, 0.1) is 13.8 Å². The molecule has 1 aromatic carbocycles. The molecule has 110 valence electrons. The molecule has 0 saturated carbocycles. The predicted molar refractivity (Wildman–Crippen MR) is 79.6 cm³/mol. The van der Waals surface area contributed by atoms with Crippen LogP contribution >= 0.6 is 0 Å². The standard InChI is InChI=1S/C16H24N2O2/c1-10-6-7-11(2)12(8-10)14-13(17)9-18(14)15(19)20-16(3,4)5/h6-8,13-14H,9,17H2,1-5H3. The quantitative estimate of drug-likeness (QED) is 0.858. The van der Waals surface area contributed by atoms with Crippen molar-refractivity contribution in [3.8, 4) is 0 Å². The Balaban J connectivity index is 2.22. The molecule has 1 aliphatic rings. The average Bonchev–Trinajstić information content (AvgIpc) is 2.28. The Hall–Kier alpha value is -1.55. The predicted octanol–water partition coefficient (Wildman–Crippen LogP) is 2.92. The zero-order valence-corrected chi connectivity index (χ0v) is 12.9. The number of nitrogens with two attached hydrogens (primary N) is 1. The summed E-state index contributed by atoms with van der Waals surface area (Å²) in [7, 11) is 0. The number of nitrogens with zero attached hydrogens (tertiary/aromatic N) is 1. The number of aryl methyl sites for hydroxylation is 2. The van der Waals surface area contributed by atoms with Crippen LogP contribution in [0.5, 0.6) is 0 Å². The van der Waals surface area contributed by atoms with Crippen molar-refractivity contribution in [1.82, 2.24) is 4.90 Å². The SMILES string of the molecule is Cc1ccc(C)c(C2C(N)CN2C(=O)OC(C)(C)C)c1. The molecule has 2 unspecified atom stereocenters. The van der Waals surface area contributed by atoms with Gasteiger partial charge in [0, 0.05) is 12.6 Å². The molecule has 0 radical (unpaired) electrons. The summed E-state index contributed by atoms with van der Waals surface area (Å²) in [6.07, 6.45) is -0.287. The first kappa shape index (κ1) is 14.9. The van der Waals surface area contributed by atoms with Crippen LogP contribution in [-0.2, 0) is 4.74 Å². The molecule has 1 heterocycles. The molecule has 0 aliphatic carbocycles. The second-order valence-electron chi connectivity index (χ2n) is 6.60. The van der Waals surface area contributed by atoms with Gasteiger partial charge in [-0.1, -0.05) is 23.8 Å². The Bertz CT molecular complexity index is 520. The molecule has 0 spiro atoms. The second kappa shape index (κ2) is 5.09. The third-order valence-electron chi connectivity index (χ3n) is 3.53. The summed E-state index contributed by atoms with van der Waals surface area (Å²) in [5, 5.41) is 0. The van der Waals surface area contributed by atoms with E-state index in [1.54, 1.807) is 4.90 Å². The zero-order valence-electron chi connectivity index (χ0n) is 12.9. The highest BCUT2D eigenvalue weighted by Crippen LogP contribution is 2.35. The fourth-order valence-corrected chi connectivity index (χ4v) is 2.52. The molecule has 4 heteroatoms. The van der Waals surface area contributed by atoms with Gasteiger partial charge in [-0.05, 0) is 45.7 Å². The molecule has 0 aromatic heterocycles. The molecular formula is C16H24N2O2. The van der Waals surface area contributed by atoms with Crippen molar-refractivity contribution >= 4 is 6.09 Å². The van der Waals surface area contributed by atoms with Gasteiger partial charge in [-0.15, -0.1) is 0 Å². The monoisotopic (exact) mass is 276 g/mol. The van der Waals surface area contributed by atoms with E-state index in [1.165, 1.54) is 5.56 Å². The van der Waals surface area contributed by atoms with Crippen LogP contribution in [0.4, 0.5) is 4.79 Å². The van der Waals surface area contributed by atoms with Crippen molar-refractivity contribution < 1.29 is 9.53 Å². The van der Waals surface area contributed by atoms with Gasteiger partial charge in [0.1, 0.15) is 5.60 Å². The number of ether oxygens (including phenoxy) is 1. The highest BCUT2D eigenvalue weighted by molar-refractivity contribution is 5.70. The Morgan fingerprint density at radius 3 is 2.55 bits per heavy atom. The number of amides is 1. The summed E-state index contributed by atoms with van der Waals surface area (Å²) in [6.45, 7) is 10.3.